The molecule has 4 N–H and O–H groups in total. The lowest BCUT2D eigenvalue weighted by atomic mass is 10.1. The molecule has 1 saturated heterocycles. The van der Waals surface area contributed by atoms with Gasteiger partial charge in [-0.05, 0) is 44.0 Å². The summed E-state index contributed by atoms with van der Waals surface area (Å²) in [5.41, 5.74) is 2.21. The first kappa shape index (κ1) is 28.5. The van der Waals surface area contributed by atoms with Crippen LogP contribution in [-0.4, -0.2) is 92.4 Å². The second kappa shape index (κ2) is 12.9. The second-order valence-electron chi connectivity index (χ2n) is 9.17. The summed E-state index contributed by atoms with van der Waals surface area (Å²) in [6.07, 6.45) is 0.602. The van der Waals surface area contributed by atoms with Gasteiger partial charge in [0.1, 0.15) is 11.7 Å². The van der Waals surface area contributed by atoms with Crippen LogP contribution < -0.4 is 5.32 Å². The maximum atomic E-state index is 13.2. The Morgan fingerprint density at radius 2 is 1.73 bits per heavy atom. The van der Waals surface area contributed by atoms with Gasteiger partial charge < -0.3 is 25.1 Å². The number of amides is 2. The van der Waals surface area contributed by atoms with E-state index in [4.69, 9.17) is 5.11 Å². The number of aliphatic carboxylic acids is 1. The number of piperazine rings is 1. The maximum absolute atomic E-state index is 13.2. The van der Waals surface area contributed by atoms with Crippen molar-refractivity contribution in [3.8, 4) is 11.3 Å². The number of rotatable bonds is 11. The highest BCUT2D eigenvalue weighted by Gasteiger charge is 2.34. The topological polar surface area (TPSA) is 160 Å². The molecule has 2 heterocycles. The van der Waals surface area contributed by atoms with Gasteiger partial charge in [0.05, 0.1) is 11.9 Å². The fraction of sp³-hybridized carbons (Fsp3) is 0.440. The number of carbonyl (C=O) groups is 3. The average molecular weight is 533 g/mol. The second-order valence-corrected chi connectivity index (χ2v) is 10.9. The van der Waals surface area contributed by atoms with Gasteiger partial charge in [0.25, 0.3) is 5.91 Å². The van der Waals surface area contributed by atoms with Crippen LogP contribution in [0.2, 0.25) is 0 Å². The van der Waals surface area contributed by atoms with E-state index in [-0.39, 0.29) is 12.1 Å². The van der Waals surface area contributed by atoms with Gasteiger partial charge in [-0.3, -0.25) is 23.8 Å². The zero-order valence-electron chi connectivity index (χ0n) is 20.7. The third-order valence-electron chi connectivity index (χ3n) is 6.09. The standard InChI is InChI=1S/C25H33N4O7P/c1-18-15-20(19-7-3-2-4-8-19)26-21(16-18)24(32)27-22(17-37(34,35)36)25(33)29-13-11-28(12-14-29)10-6-5-9-23(30)31/h2-4,7-8,15-16,22H,5-6,9-14,17H2,1H3,(H,27,32)(H,30,31)(H2,34,35,36)/t22-/m0/s1. The van der Waals surface area contributed by atoms with E-state index in [2.05, 4.69) is 15.2 Å². The lowest BCUT2D eigenvalue weighted by Crippen LogP contribution is -2.56. The Balaban J connectivity index is 1.66. The Hall–Kier alpha value is -3.11. The number of benzene rings is 1. The Labute approximate surface area is 215 Å². The number of carbonyl (C=O) groups excluding carboxylic acids is 2. The van der Waals surface area contributed by atoms with Gasteiger partial charge in [-0.15, -0.1) is 0 Å². The normalized spacial score (nSPS) is 15.3. The van der Waals surface area contributed by atoms with Crippen LogP contribution in [0.3, 0.4) is 0 Å². The largest absolute Gasteiger partial charge is 0.481 e. The third-order valence-corrected chi connectivity index (χ3v) is 6.94. The highest BCUT2D eigenvalue weighted by atomic mass is 31.2. The van der Waals surface area contributed by atoms with Gasteiger partial charge in [0, 0.05) is 38.2 Å². The number of pyridine rings is 1. The zero-order valence-corrected chi connectivity index (χ0v) is 21.6. The van der Waals surface area contributed by atoms with Crippen molar-refractivity contribution >= 4 is 25.4 Å². The molecule has 0 radical (unpaired) electrons. The van der Waals surface area contributed by atoms with Crippen molar-refractivity contribution in [2.45, 2.75) is 32.2 Å². The summed E-state index contributed by atoms with van der Waals surface area (Å²) in [4.78, 5) is 64.1. The quantitative estimate of drug-likeness (QED) is 0.250. The van der Waals surface area contributed by atoms with E-state index in [0.29, 0.717) is 44.8 Å². The molecule has 1 atom stereocenters. The van der Waals surface area contributed by atoms with Gasteiger partial charge in [-0.25, -0.2) is 4.98 Å². The Kier molecular flexibility index (Phi) is 9.93. The molecule has 12 heteroatoms. The van der Waals surface area contributed by atoms with Crippen molar-refractivity contribution in [2.24, 2.45) is 0 Å². The van der Waals surface area contributed by atoms with Crippen molar-refractivity contribution in [1.29, 1.82) is 0 Å². The predicted octanol–water partition coefficient (Wildman–Crippen LogP) is 1.73. The lowest BCUT2D eigenvalue weighted by Gasteiger charge is -2.36. The van der Waals surface area contributed by atoms with Gasteiger partial charge in [-0.1, -0.05) is 30.3 Å². The minimum absolute atomic E-state index is 0.0496. The number of aromatic nitrogens is 1. The molecule has 1 fully saturated rings. The number of carboxylic acid groups (broad SMARTS) is 1. The van der Waals surface area contributed by atoms with Crippen LogP contribution in [0.5, 0.6) is 0 Å². The summed E-state index contributed by atoms with van der Waals surface area (Å²) in [6.45, 7) is 4.30. The smallest absolute Gasteiger partial charge is 0.328 e. The fourth-order valence-electron chi connectivity index (χ4n) is 4.22. The van der Waals surface area contributed by atoms with Crippen LogP contribution in [0.25, 0.3) is 11.3 Å². The molecular weight excluding hydrogens is 499 g/mol. The molecule has 2 aromatic rings. The average Bonchev–Trinajstić information content (AvgIpc) is 2.85. The van der Waals surface area contributed by atoms with Crippen LogP contribution in [0.4, 0.5) is 0 Å². The maximum Gasteiger partial charge on any atom is 0.328 e. The molecule has 0 spiro atoms. The number of nitrogens with zero attached hydrogens (tertiary/aromatic N) is 3. The Morgan fingerprint density at radius 1 is 1.05 bits per heavy atom. The molecule has 1 aliphatic heterocycles. The molecule has 0 unspecified atom stereocenters. The van der Waals surface area contributed by atoms with Crippen LogP contribution in [0, 0.1) is 6.92 Å². The molecule has 0 saturated carbocycles. The number of carboxylic acids is 1. The molecule has 0 bridgehead atoms. The van der Waals surface area contributed by atoms with Crippen molar-refractivity contribution in [3.05, 3.63) is 53.7 Å². The fourth-order valence-corrected chi connectivity index (χ4v) is 4.94. The van der Waals surface area contributed by atoms with Crippen LogP contribution >= 0.6 is 7.60 Å². The molecule has 1 aromatic heterocycles. The van der Waals surface area contributed by atoms with Gasteiger partial charge in [-0.2, -0.15) is 0 Å². The molecular formula is C25H33N4O7P. The molecule has 37 heavy (non-hydrogen) atoms. The molecule has 2 amide bonds. The van der Waals surface area contributed by atoms with E-state index in [1.54, 1.807) is 6.07 Å². The summed E-state index contributed by atoms with van der Waals surface area (Å²) < 4.78 is 11.8. The van der Waals surface area contributed by atoms with Gasteiger partial charge in [0.2, 0.25) is 5.91 Å². The molecule has 1 aromatic carbocycles. The minimum atomic E-state index is -4.62. The van der Waals surface area contributed by atoms with Crippen molar-refractivity contribution < 1.29 is 33.8 Å². The van der Waals surface area contributed by atoms with E-state index < -0.39 is 37.6 Å². The molecule has 1 aliphatic rings. The van der Waals surface area contributed by atoms with E-state index in [0.717, 1.165) is 17.5 Å². The Morgan fingerprint density at radius 3 is 2.35 bits per heavy atom. The summed E-state index contributed by atoms with van der Waals surface area (Å²) in [5, 5.41) is 11.2. The first-order valence-corrected chi connectivity index (χ1v) is 13.9. The first-order valence-electron chi connectivity index (χ1n) is 12.1. The van der Waals surface area contributed by atoms with E-state index in [1.165, 1.54) is 4.90 Å². The summed E-state index contributed by atoms with van der Waals surface area (Å²) in [7, 11) is -4.62. The van der Waals surface area contributed by atoms with Crippen LogP contribution in [0.15, 0.2) is 42.5 Å². The number of unbranched alkanes of at least 4 members (excludes halogenated alkanes) is 1. The Bertz CT molecular complexity index is 1150. The van der Waals surface area contributed by atoms with E-state index in [1.807, 2.05) is 43.3 Å². The first-order chi connectivity index (χ1) is 17.5. The minimum Gasteiger partial charge on any atom is -0.481 e. The van der Waals surface area contributed by atoms with Gasteiger partial charge in [0.15, 0.2) is 0 Å². The van der Waals surface area contributed by atoms with Crippen molar-refractivity contribution in [3.63, 3.8) is 0 Å². The molecule has 200 valence electrons. The number of nitrogens with one attached hydrogen (secondary N) is 1. The molecule has 11 nitrogen and oxygen atoms in total. The van der Waals surface area contributed by atoms with Crippen molar-refractivity contribution in [1.82, 2.24) is 20.1 Å². The summed E-state index contributed by atoms with van der Waals surface area (Å²) in [6, 6.07) is 11.3. The van der Waals surface area contributed by atoms with E-state index in [9.17, 15) is 28.7 Å². The highest BCUT2D eigenvalue weighted by molar-refractivity contribution is 7.51. The number of hydrogen-bond donors (Lipinski definition) is 4. The number of aryl methyl sites for hydroxylation is 1. The molecule has 3 rings (SSSR count). The SMILES string of the molecule is Cc1cc(C(=O)N[C@@H](CP(=O)(O)O)C(=O)N2CCN(CCCCC(=O)O)CC2)nc(-c2ccccc2)c1. The highest BCUT2D eigenvalue weighted by Crippen LogP contribution is 2.35. The van der Waals surface area contributed by atoms with Gasteiger partial charge >= 0.3 is 13.6 Å². The van der Waals surface area contributed by atoms with E-state index >= 15 is 0 Å². The predicted molar refractivity (Wildman–Crippen MR) is 137 cm³/mol. The summed E-state index contributed by atoms with van der Waals surface area (Å²) in [5.74, 6) is -2.08. The summed E-state index contributed by atoms with van der Waals surface area (Å²) >= 11 is 0. The zero-order chi connectivity index (χ0) is 27.0. The van der Waals surface area contributed by atoms with Crippen molar-refractivity contribution in [2.75, 3.05) is 38.9 Å². The van der Waals surface area contributed by atoms with Crippen LogP contribution in [-0.2, 0) is 14.2 Å². The lowest BCUT2D eigenvalue weighted by molar-refractivity contribution is -0.137. The molecule has 0 aliphatic carbocycles. The van der Waals surface area contributed by atoms with Crippen LogP contribution in [0.1, 0.15) is 35.3 Å². The number of hydrogen-bond acceptors (Lipinski definition) is 6. The monoisotopic (exact) mass is 532 g/mol. The third kappa shape index (κ3) is 9.05.